The van der Waals surface area contributed by atoms with E-state index in [0.29, 0.717) is 18.9 Å². The maximum atomic E-state index is 10.1. The Kier molecular flexibility index (Phi) is 5.50. The maximum Gasteiger partial charge on any atom is 0.214 e. The Morgan fingerprint density at radius 2 is 1.96 bits per heavy atom. The second kappa shape index (κ2) is 7.60. The van der Waals surface area contributed by atoms with Crippen LogP contribution in [0.1, 0.15) is 19.8 Å². The summed E-state index contributed by atoms with van der Waals surface area (Å²) < 4.78 is 1.75. The smallest absolute Gasteiger partial charge is 0.214 e. The van der Waals surface area contributed by atoms with E-state index in [2.05, 4.69) is 27.3 Å². The highest BCUT2D eigenvalue weighted by atomic mass is 32.2. The Labute approximate surface area is 145 Å². The molecule has 1 aromatic carbocycles. The van der Waals surface area contributed by atoms with Gasteiger partial charge in [0.15, 0.2) is 0 Å². The Morgan fingerprint density at radius 1 is 1.25 bits per heavy atom. The first-order valence-electron chi connectivity index (χ1n) is 8.15. The van der Waals surface area contributed by atoms with E-state index in [-0.39, 0.29) is 6.61 Å². The predicted molar refractivity (Wildman–Crippen MR) is 92.2 cm³/mol. The molecule has 1 aliphatic heterocycles. The molecule has 1 aromatic heterocycles. The average molecular weight is 349 g/mol. The molecule has 8 heteroatoms. The quantitative estimate of drug-likeness (QED) is 0.751. The second-order valence-corrected chi connectivity index (χ2v) is 7.27. The number of aromatic nitrogens is 4. The Morgan fingerprint density at radius 3 is 2.62 bits per heavy atom. The summed E-state index contributed by atoms with van der Waals surface area (Å²) in [6.45, 7) is 3.60. The zero-order valence-corrected chi connectivity index (χ0v) is 14.6. The van der Waals surface area contributed by atoms with Gasteiger partial charge in [0, 0.05) is 24.9 Å². The number of para-hydroxylation sites is 1. The van der Waals surface area contributed by atoms with Gasteiger partial charge in [-0.1, -0.05) is 30.0 Å². The lowest BCUT2D eigenvalue weighted by Crippen LogP contribution is -2.49. The van der Waals surface area contributed by atoms with Gasteiger partial charge in [-0.05, 0) is 42.3 Å². The first-order valence-corrected chi connectivity index (χ1v) is 9.14. The van der Waals surface area contributed by atoms with Gasteiger partial charge in [0.1, 0.15) is 0 Å². The normalized spacial score (nSPS) is 19.3. The van der Waals surface area contributed by atoms with Crippen molar-refractivity contribution < 1.29 is 10.2 Å². The average Bonchev–Trinajstić information content (AvgIpc) is 3.09. The minimum atomic E-state index is -0.902. The van der Waals surface area contributed by atoms with E-state index in [0.717, 1.165) is 29.7 Å². The number of hydrogen-bond acceptors (Lipinski definition) is 7. The van der Waals surface area contributed by atoms with Crippen molar-refractivity contribution >= 4 is 11.8 Å². The highest BCUT2D eigenvalue weighted by molar-refractivity contribution is 7.99. The molecule has 2 heterocycles. The van der Waals surface area contributed by atoms with Crippen molar-refractivity contribution in [1.29, 1.82) is 0 Å². The fraction of sp³-hybridized carbons (Fsp3) is 0.562. The van der Waals surface area contributed by atoms with Crippen LogP contribution >= 0.6 is 11.8 Å². The van der Waals surface area contributed by atoms with Crippen LogP contribution in [0.15, 0.2) is 35.5 Å². The van der Waals surface area contributed by atoms with E-state index in [9.17, 15) is 10.2 Å². The third kappa shape index (κ3) is 3.94. The summed E-state index contributed by atoms with van der Waals surface area (Å²) in [5, 5.41) is 32.1. The standard InChI is InChI=1S/C16H23N5O2S/c1-13(20-9-7-16(23,12-22)8-10-20)11-24-15-17-18-19-21(15)14-5-3-2-4-6-14/h2-6,13,22-23H,7-12H2,1H3/t13-/m1/s1. The van der Waals surface area contributed by atoms with Crippen LogP contribution in [-0.4, -0.2) is 72.4 Å². The summed E-state index contributed by atoms with van der Waals surface area (Å²) in [5.74, 6) is 0.866. The number of rotatable bonds is 6. The molecule has 3 rings (SSSR count). The Bertz CT molecular complexity index is 643. The number of aliphatic hydroxyl groups excluding tert-OH is 1. The van der Waals surface area contributed by atoms with Crippen LogP contribution in [0.2, 0.25) is 0 Å². The number of thioether (sulfide) groups is 1. The summed E-state index contributed by atoms with van der Waals surface area (Å²) >= 11 is 1.63. The molecule has 0 aliphatic carbocycles. The number of piperidine rings is 1. The van der Waals surface area contributed by atoms with Gasteiger partial charge >= 0.3 is 0 Å². The lowest BCUT2D eigenvalue weighted by molar-refractivity contribution is -0.0635. The van der Waals surface area contributed by atoms with Crippen LogP contribution in [-0.2, 0) is 0 Å². The van der Waals surface area contributed by atoms with Crippen molar-refractivity contribution in [2.75, 3.05) is 25.4 Å². The fourth-order valence-electron chi connectivity index (χ4n) is 2.84. The third-order valence-corrected chi connectivity index (χ3v) is 5.70. The van der Waals surface area contributed by atoms with Crippen LogP contribution in [0.25, 0.3) is 5.69 Å². The molecule has 1 atom stereocenters. The summed E-state index contributed by atoms with van der Waals surface area (Å²) in [6, 6.07) is 10.2. The van der Waals surface area contributed by atoms with Gasteiger partial charge in [-0.25, -0.2) is 0 Å². The second-order valence-electron chi connectivity index (χ2n) is 6.29. The monoisotopic (exact) mass is 349 g/mol. The number of likely N-dealkylation sites (tertiary alicyclic amines) is 1. The van der Waals surface area contributed by atoms with E-state index in [1.165, 1.54) is 0 Å². The van der Waals surface area contributed by atoms with Crippen LogP contribution in [0.3, 0.4) is 0 Å². The molecular formula is C16H23N5O2S. The molecule has 1 saturated heterocycles. The zero-order valence-electron chi connectivity index (χ0n) is 13.7. The Hall–Kier alpha value is -1.48. The first-order chi connectivity index (χ1) is 11.6. The molecule has 0 saturated carbocycles. The number of hydrogen-bond donors (Lipinski definition) is 2. The summed E-state index contributed by atoms with van der Waals surface area (Å²) in [6.07, 6.45) is 1.22. The number of tetrazole rings is 1. The van der Waals surface area contributed by atoms with E-state index in [4.69, 9.17) is 0 Å². The highest BCUT2D eigenvalue weighted by Crippen LogP contribution is 2.25. The summed E-state index contributed by atoms with van der Waals surface area (Å²) in [5.41, 5.74) is 0.0458. The van der Waals surface area contributed by atoms with E-state index in [1.54, 1.807) is 16.4 Å². The maximum absolute atomic E-state index is 10.1. The van der Waals surface area contributed by atoms with Gasteiger partial charge in [-0.15, -0.1) is 5.10 Å². The minimum absolute atomic E-state index is 0.157. The van der Waals surface area contributed by atoms with Crippen LogP contribution in [0.5, 0.6) is 0 Å². The topological polar surface area (TPSA) is 87.3 Å². The minimum Gasteiger partial charge on any atom is -0.393 e. The third-order valence-electron chi connectivity index (χ3n) is 4.54. The molecular weight excluding hydrogens is 326 g/mol. The summed E-state index contributed by atoms with van der Waals surface area (Å²) in [4.78, 5) is 2.34. The van der Waals surface area contributed by atoms with Gasteiger partial charge in [0.2, 0.25) is 5.16 Å². The Balaban J connectivity index is 1.56. The summed E-state index contributed by atoms with van der Waals surface area (Å²) in [7, 11) is 0. The molecule has 0 spiro atoms. The van der Waals surface area contributed by atoms with Crippen molar-refractivity contribution in [1.82, 2.24) is 25.1 Å². The molecule has 0 radical (unpaired) electrons. The van der Waals surface area contributed by atoms with Crippen LogP contribution < -0.4 is 0 Å². The van der Waals surface area contributed by atoms with Crippen molar-refractivity contribution in [2.24, 2.45) is 0 Å². The predicted octanol–water partition coefficient (Wildman–Crippen LogP) is 0.962. The van der Waals surface area contributed by atoms with Crippen molar-refractivity contribution in [2.45, 2.75) is 36.6 Å². The molecule has 1 aliphatic rings. The van der Waals surface area contributed by atoms with Gasteiger partial charge in [-0.2, -0.15) is 4.68 Å². The van der Waals surface area contributed by atoms with E-state index < -0.39 is 5.60 Å². The van der Waals surface area contributed by atoms with Crippen LogP contribution in [0.4, 0.5) is 0 Å². The lowest BCUT2D eigenvalue weighted by atomic mass is 9.92. The van der Waals surface area contributed by atoms with Gasteiger partial charge in [0.05, 0.1) is 17.9 Å². The molecule has 0 unspecified atom stereocenters. The largest absolute Gasteiger partial charge is 0.393 e. The van der Waals surface area contributed by atoms with Crippen LogP contribution in [0, 0.1) is 0 Å². The number of benzene rings is 1. The highest BCUT2D eigenvalue weighted by Gasteiger charge is 2.33. The van der Waals surface area contributed by atoms with E-state index >= 15 is 0 Å². The molecule has 7 nitrogen and oxygen atoms in total. The molecule has 1 fully saturated rings. The molecule has 2 N–H and O–H groups in total. The molecule has 24 heavy (non-hydrogen) atoms. The van der Waals surface area contributed by atoms with Crippen molar-refractivity contribution in [3.63, 3.8) is 0 Å². The molecule has 130 valence electrons. The zero-order chi connectivity index (χ0) is 17.0. The van der Waals surface area contributed by atoms with Crippen molar-refractivity contribution in [3.8, 4) is 5.69 Å². The van der Waals surface area contributed by atoms with Crippen molar-refractivity contribution in [3.05, 3.63) is 30.3 Å². The lowest BCUT2D eigenvalue weighted by Gasteiger charge is -2.39. The van der Waals surface area contributed by atoms with Gasteiger partial charge in [-0.3, -0.25) is 4.90 Å². The first kappa shape index (κ1) is 17.3. The fourth-order valence-corrected chi connectivity index (χ4v) is 3.80. The SMILES string of the molecule is C[C@H](CSc1nnnn1-c1ccccc1)N1CCC(O)(CO)CC1. The van der Waals surface area contributed by atoms with Gasteiger partial charge < -0.3 is 10.2 Å². The molecule has 0 amide bonds. The van der Waals surface area contributed by atoms with Gasteiger partial charge in [0.25, 0.3) is 0 Å². The molecule has 0 bridgehead atoms. The molecule has 2 aromatic rings. The van der Waals surface area contributed by atoms with E-state index in [1.807, 2.05) is 30.3 Å². The number of aliphatic hydroxyl groups is 2. The number of nitrogens with zero attached hydrogens (tertiary/aromatic N) is 5.